The van der Waals surface area contributed by atoms with Gasteiger partial charge in [0, 0.05) is 6.07 Å². The molecule has 0 aliphatic carbocycles. The summed E-state index contributed by atoms with van der Waals surface area (Å²) < 4.78 is 10.5. The molecule has 1 aromatic carbocycles. The zero-order valence-electron chi connectivity index (χ0n) is 7.17. The summed E-state index contributed by atoms with van der Waals surface area (Å²) in [5.41, 5.74) is 0. The van der Waals surface area contributed by atoms with E-state index in [0.717, 1.165) is 0 Å². The van der Waals surface area contributed by atoms with E-state index in [-0.39, 0.29) is 17.2 Å². The van der Waals surface area contributed by atoms with Crippen molar-refractivity contribution < 1.29 is 19.7 Å². The van der Waals surface area contributed by atoms with Crippen LogP contribution in [0.5, 0.6) is 23.0 Å². The van der Waals surface area contributed by atoms with Crippen LogP contribution in [0.3, 0.4) is 0 Å². The van der Waals surface area contributed by atoms with Crippen LogP contribution in [-0.2, 0) is 0 Å². The van der Waals surface area contributed by atoms with Crippen LogP contribution in [0.15, 0.2) is 6.07 Å². The van der Waals surface area contributed by atoms with Crippen molar-refractivity contribution in [2.45, 2.75) is 0 Å². The number of halogens is 1. The lowest BCUT2D eigenvalue weighted by atomic mass is 10.3. The number of rotatable bonds is 2. The largest absolute Gasteiger partial charge is 0.504 e. The average molecular weight is 296 g/mol. The zero-order valence-corrected chi connectivity index (χ0v) is 9.32. The molecule has 0 saturated carbocycles. The van der Waals surface area contributed by atoms with E-state index in [0.29, 0.717) is 9.32 Å². The SMILES string of the molecule is COc1cc(O)c(O)c(OC)c1I. The zero-order chi connectivity index (χ0) is 10.0. The Morgan fingerprint density at radius 3 is 2.31 bits per heavy atom. The summed E-state index contributed by atoms with van der Waals surface area (Å²) in [6.45, 7) is 0. The molecule has 0 aliphatic heterocycles. The van der Waals surface area contributed by atoms with Crippen LogP contribution in [0, 0.1) is 3.57 Å². The highest BCUT2D eigenvalue weighted by Gasteiger charge is 2.16. The van der Waals surface area contributed by atoms with Crippen LogP contribution in [0.1, 0.15) is 0 Å². The molecule has 0 atom stereocenters. The first-order chi connectivity index (χ1) is 6.11. The van der Waals surface area contributed by atoms with E-state index in [1.54, 1.807) is 0 Å². The van der Waals surface area contributed by atoms with E-state index in [4.69, 9.17) is 9.47 Å². The molecule has 5 heteroatoms. The molecule has 1 aromatic rings. The molecule has 0 aromatic heterocycles. The number of ether oxygens (including phenoxy) is 2. The smallest absolute Gasteiger partial charge is 0.201 e. The summed E-state index contributed by atoms with van der Waals surface area (Å²) in [5, 5.41) is 18.6. The third-order valence-electron chi connectivity index (χ3n) is 1.57. The maximum absolute atomic E-state index is 9.36. The van der Waals surface area contributed by atoms with Crippen molar-refractivity contribution in [2.24, 2.45) is 0 Å². The number of phenolic OH excluding ortho intramolecular Hbond substituents is 2. The van der Waals surface area contributed by atoms with Crippen LogP contribution in [0.4, 0.5) is 0 Å². The van der Waals surface area contributed by atoms with Crippen LogP contribution >= 0.6 is 22.6 Å². The Hall–Kier alpha value is -0.850. The maximum Gasteiger partial charge on any atom is 0.201 e. The third-order valence-corrected chi connectivity index (χ3v) is 2.59. The predicted octanol–water partition coefficient (Wildman–Crippen LogP) is 1.72. The van der Waals surface area contributed by atoms with Gasteiger partial charge in [0.15, 0.2) is 11.5 Å². The summed E-state index contributed by atoms with van der Waals surface area (Å²) >= 11 is 1.96. The molecule has 0 heterocycles. The van der Waals surface area contributed by atoms with Gasteiger partial charge in [-0.2, -0.15) is 0 Å². The highest BCUT2D eigenvalue weighted by molar-refractivity contribution is 14.1. The topological polar surface area (TPSA) is 58.9 Å². The van der Waals surface area contributed by atoms with E-state index in [1.165, 1.54) is 20.3 Å². The Bertz CT molecular complexity index is 324. The molecule has 1 rings (SSSR count). The van der Waals surface area contributed by atoms with Gasteiger partial charge in [-0.25, -0.2) is 0 Å². The van der Waals surface area contributed by atoms with Crippen molar-refractivity contribution in [1.29, 1.82) is 0 Å². The van der Waals surface area contributed by atoms with Crippen LogP contribution in [0.2, 0.25) is 0 Å². The van der Waals surface area contributed by atoms with Crippen molar-refractivity contribution in [3.8, 4) is 23.0 Å². The monoisotopic (exact) mass is 296 g/mol. The lowest BCUT2D eigenvalue weighted by Gasteiger charge is -2.10. The summed E-state index contributed by atoms with van der Waals surface area (Å²) in [6, 6.07) is 1.33. The van der Waals surface area contributed by atoms with Crippen molar-refractivity contribution in [1.82, 2.24) is 0 Å². The number of hydrogen-bond acceptors (Lipinski definition) is 4. The van der Waals surface area contributed by atoms with Crippen LogP contribution in [-0.4, -0.2) is 24.4 Å². The molecule has 4 nitrogen and oxygen atoms in total. The van der Waals surface area contributed by atoms with E-state index in [2.05, 4.69) is 0 Å². The maximum atomic E-state index is 9.36. The molecule has 0 amide bonds. The van der Waals surface area contributed by atoms with Crippen LogP contribution in [0.25, 0.3) is 0 Å². The summed E-state index contributed by atoms with van der Waals surface area (Å²) in [4.78, 5) is 0. The summed E-state index contributed by atoms with van der Waals surface area (Å²) in [7, 11) is 2.89. The highest BCUT2D eigenvalue weighted by atomic mass is 127. The quantitative estimate of drug-likeness (QED) is 0.644. The van der Waals surface area contributed by atoms with Gasteiger partial charge < -0.3 is 19.7 Å². The van der Waals surface area contributed by atoms with Gasteiger partial charge in [-0.05, 0) is 22.6 Å². The number of benzene rings is 1. The Balaban J connectivity index is 3.39. The second kappa shape index (κ2) is 3.91. The van der Waals surface area contributed by atoms with Crippen molar-refractivity contribution in [3.05, 3.63) is 9.64 Å². The number of aromatic hydroxyl groups is 2. The van der Waals surface area contributed by atoms with Gasteiger partial charge in [0.25, 0.3) is 0 Å². The molecule has 0 radical (unpaired) electrons. The lowest BCUT2D eigenvalue weighted by molar-refractivity contribution is 0.338. The number of hydrogen-bond donors (Lipinski definition) is 2. The summed E-state index contributed by atoms with van der Waals surface area (Å²) in [5.74, 6) is 0.159. The fourth-order valence-electron chi connectivity index (χ4n) is 0.923. The van der Waals surface area contributed by atoms with Gasteiger partial charge in [0.05, 0.1) is 14.2 Å². The first-order valence-corrected chi connectivity index (χ1v) is 4.52. The first-order valence-electron chi connectivity index (χ1n) is 3.44. The molecule has 0 fully saturated rings. The van der Waals surface area contributed by atoms with Crippen molar-refractivity contribution in [3.63, 3.8) is 0 Å². The first kappa shape index (κ1) is 10.2. The standard InChI is InChI=1S/C8H9IO4/c1-12-5-3-4(10)7(11)8(13-2)6(5)9/h3,10-11H,1-2H3. The second-order valence-electron chi connectivity index (χ2n) is 2.29. The molecule has 0 spiro atoms. The fourth-order valence-corrected chi connectivity index (χ4v) is 1.77. The fraction of sp³-hybridized carbons (Fsp3) is 0.250. The number of methoxy groups -OCH3 is 2. The molecular weight excluding hydrogens is 287 g/mol. The minimum absolute atomic E-state index is 0.220. The minimum atomic E-state index is -0.271. The second-order valence-corrected chi connectivity index (χ2v) is 3.37. The molecule has 2 N–H and O–H groups in total. The van der Waals surface area contributed by atoms with E-state index in [1.807, 2.05) is 22.6 Å². The molecule has 72 valence electrons. The third kappa shape index (κ3) is 1.74. The lowest BCUT2D eigenvalue weighted by Crippen LogP contribution is -1.92. The Morgan fingerprint density at radius 1 is 1.23 bits per heavy atom. The van der Waals surface area contributed by atoms with E-state index in [9.17, 15) is 10.2 Å². The van der Waals surface area contributed by atoms with E-state index >= 15 is 0 Å². The van der Waals surface area contributed by atoms with Gasteiger partial charge in [0.1, 0.15) is 9.32 Å². The molecule has 0 aliphatic rings. The Labute approximate surface area is 89.2 Å². The van der Waals surface area contributed by atoms with Gasteiger partial charge in [-0.3, -0.25) is 0 Å². The normalized spacial score (nSPS) is 9.77. The Kier molecular flexibility index (Phi) is 3.07. The van der Waals surface area contributed by atoms with Gasteiger partial charge >= 0.3 is 0 Å². The van der Waals surface area contributed by atoms with Gasteiger partial charge in [-0.1, -0.05) is 0 Å². The van der Waals surface area contributed by atoms with Crippen LogP contribution < -0.4 is 9.47 Å². The average Bonchev–Trinajstić information content (AvgIpc) is 2.12. The summed E-state index contributed by atoms with van der Waals surface area (Å²) in [6.07, 6.45) is 0. The highest BCUT2D eigenvalue weighted by Crippen LogP contribution is 2.43. The van der Waals surface area contributed by atoms with Crippen molar-refractivity contribution in [2.75, 3.05) is 14.2 Å². The van der Waals surface area contributed by atoms with Gasteiger partial charge in [-0.15, -0.1) is 0 Å². The number of phenols is 2. The van der Waals surface area contributed by atoms with E-state index < -0.39 is 0 Å². The Morgan fingerprint density at radius 2 is 1.85 bits per heavy atom. The molecule has 0 unspecified atom stereocenters. The van der Waals surface area contributed by atoms with Gasteiger partial charge in [0.2, 0.25) is 5.75 Å². The van der Waals surface area contributed by atoms with Crippen molar-refractivity contribution >= 4 is 22.6 Å². The minimum Gasteiger partial charge on any atom is -0.504 e. The molecular formula is C8H9IO4. The molecule has 0 saturated heterocycles. The predicted molar refractivity (Wildman–Crippen MR) is 55.6 cm³/mol. The molecule has 0 bridgehead atoms. The molecule has 13 heavy (non-hydrogen) atoms.